The highest BCUT2D eigenvalue weighted by Gasteiger charge is 2.15. The normalized spacial score (nSPS) is 11.2. The largest absolute Gasteiger partial charge is 0.497 e. The SMILES string of the molecule is COc1cccc(OS(=O)(=O)Cc2ccc(Cl)c(Cl)c2)c1. The molecule has 0 aliphatic rings. The van der Waals surface area contributed by atoms with E-state index in [9.17, 15) is 8.42 Å². The fourth-order valence-corrected chi connectivity index (χ4v) is 3.03. The molecule has 0 fully saturated rings. The molecule has 0 unspecified atom stereocenters. The predicted molar refractivity (Wildman–Crippen MR) is 82.7 cm³/mol. The molecule has 0 heterocycles. The number of methoxy groups -OCH3 is 1. The van der Waals surface area contributed by atoms with E-state index in [1.54, 1.807) is 24.3 Å². The van der Waals surface area contributed by atoms with E-state index in [-0.39, 0.29) is 11.5 Å². The minimum absolute atomic E-state index is 0.189. The summed E-state index contributed by atoms with van der Waals surface area (Å²) in [6, 6.07) is 11.0. The molecule has 4 nitrogen and oxygen atoms in total. The molecule has 2 aromatic rings. The highest BCUT2D eigenvalue weighted by Crippen LogP contribution is 2.25. The summed E-state index contributed by atoms with van der Waals surface area (Å²) in [5, 5.41) is 0.664. The maximum Gasteiger partial charge on any atom is 0.313 e. The molecule has 0 bridgehead atoms. The Kier molecular flexibility index (Phi) is 4.98. The number of rotatable bonds is 5. The lowest BCUT2D eigenvalue weighted by molar-refractivity contribution is 0.411. The van der Waals surface area contributed by atoms with Gasteiger partial charge in [0.15, 0.2) is 0 Å². The Labute approximate surface area is 133 Å². The average molecular weight is 347 g/mol. The zero-order chi connectivity index (χ0) is 15.5. The van der Waals surface area contributed by atoms with Gasteiger partial charge in [-0.25, -0.2) is 0 Å². The molecule has 0 saturated heterocycles. The van der Waals surface area contributed by atoms with Crippen LogP contribution in [-0.4, -0.2) is 15.5 Å². The van der Waals surface area contributed by atoms with Gasteiger partial charge in [-0.15, -0.1) is 0 Å². The van der Waals surface area contributed by atoms with E-state index in [1.807, 2.05) is 0 Å². The zero-order valence-corrected chi connectivity index (χ0v) is 13.4. The average Bonchev–Trinajstić information content (AvgIpc) is 2.42. The summed E-state index contributed by atoms with van der Waals surface area (Å²) in [5.74, 6) is 0.396. The Hall–Kier alpha value is -1.43. The van der Waals surface area contributed by atoms with Crippen LogP contribution in [0.25, 0.3) is 0 Å². The van der Waals surface area contributed by atoms with Crippen molar-refractivity contribution >= 4 is 33.3 Å². The molecule has 0 aliphatic heterocycles. The fraction of sp³-hybridized carbons (Fsp3) is 0.143. The van der Waals surface area contributed by atoms with Crippen LogP contribution in [-0.2, 0) is 15.9 Å². The first-order chi connectivity index (χ1) is 9.89. The van der Waals surface area contributed by atoms with Crippen molar-refractivity contribution in [2.45, 2.75) is 5.75 Å². The molecule has 21 heavy (non-hydrogen) atoms. The highest BCUT2D eigenvalue weighted by atomic mass is 35.5. The topological polar surface area (TPSA) is 52.6 Å². The van der Waals surface area contributed by atoms with Gasteiger partial charge in [0.1, 0.15) is 17.3 Å². The monoisotopic (exact) mass is 346 g/mol. The van der Waals surface area contributed by atoms with Crippen LogP contribution >= 0.6 is 23.2 Å². The second-order valence-electron chi connectivity index (χ2n) is 4.21. The first-order valence-electron chi connectivity index (χ1n) is 5.90. The first-order valence-corrected chi connectivity index (χ1v) is 8.23. The van der Waals surface area contributed by atoms with E-state index in [0.29, 0.717) is 21.4 Å². The summed E-state index contributed by atoms with van der Waals surface area (Å²) < 4.78 is 34.1. The van der Waals surface area contributed by atoms with Gasteiger partial charge in [-0.05, 0) is 29.8 Å². The first kappa shape index (κ1) is 15.9. The van der Waals surface area contributed by atoms with Gasteiger partial charge in [-0.2, -0.15) is 8.42 Å². The van der Waals surface area contributed by atoms with Gasteiger partial charge in [0.2, 0.25) is 0 Å². The maximum atomic E-state index is 12.0. The molecule has 0 spiro atoms. The third kappa shape index (κ3) is 4.52. The van der Waals surface area contributed by atoms with E-state index in [4.69, 9.17) is 32.1 Å². The van der Waals surface area contributed by atoms with Gasteiger partial charge in [0, 0.05) is 6.07 Å². The Morgan fingerprint density at radius 1 is 1.00 bits per heavy atom. The Balaban J connectivity index is 2.16. The summed E-state index contributed by atoms with van der Waals surface area (Å²) in [6.45, 7) is 0. The van der Waals surface area contributed by atoms with Crippen molar-refractivity contribution in [1.82, 2.24) is 0 Å². The lowest BCUT2D eigenvalue weighted by Gasteiger charge is -2.08. The lowest BCUT2D eigenvalue weighted by atomic mass is 10.2. The molecule has 0 N–H and O–H groups in total. The van der Waals surface area contributed by atoms with E-state index in [2.05, 4.69) is 0 Å². The van der Waals surface area contributed by atoms with Crippen molar-refractivity contribution in [2.75, 3.05) is 7.11 Å². The highest BCUT2D eigenvalue weighted by molar-refractivity contribution is 7.86. The van der Waals surface area contributed by atoms with Crippen molar-refractivity contribution in [1.29, 1.82) is 0 Å². The molecular weight excluding hydrogens is 335 g/mol. The molecule has 0 atom stereocenters. The summed E-state index contributed by atoms with van der Waals surface area (Å²) >= 11 is 11.6. The molecule has 0 aromatic heterocycles. The summed E-state index contributed by atoms with van der Waals surface area (Å²) in [4.78, 5) is 0. The van der Waals surface area contributed by atoms with E-state index >= 15 is 0 Å². The third-order valence-electron chi connectivity index (χ3n) is 2.59. The van der Waals surface area contributed by atoms with E-state index < -0.39 is 10.1 Å². The van der Waals surface area contributed by atoms with Crippen LogP contribution in [0.1, 0.15) is 5.56 Å². The standard InChI is InChI=1S/C14H12Cl2O4S/c1-19-11-3-2-4-12(8-11)20-21(17,18)9-10-5-6-13(15)14(16)7-10/h2-8H,9H2,1H3. The summed E-state index contributed by atoms with van der Waals surface area (Å²) in [6.07, 6.45) is 0. The van der Waals surface area contributed by atoms with Gasteiger partial charge in [-0.3, -0.25) is 0 Å². The lowest BCUT2D eigenvalue weighted by Crippen LogP contribution is -2.12. The summed E-state index contributed by atoms with van der Waals surface area (Å²) in [7, 11) is -2.31. The minimum atomic E-state index is -3.80. The maximum absolute atomic E-state index is 12.0. The Morgan fingerprint density at radius 2 is 1.71 bits per heavy atom. The minimum Gasteiger partial charge on any atom is -0.497 e. The predicted octanol–water partition coefficient (Wildman–Crippen LogP) is 3.91. The molecule has 0 amide bonds. The van der Waals surface area contributed by atoms with Gasteiger partial charge in [0.25, 0.3) is 0 Å². The second kappa shape index (κ2) is 6.56. The molecule has 0 aliphatic carbocycles. The van der Waals surface area contributed by atoms with Crippen LogP contribution in [0.2, 0.25) is 10.0 Å². The molecule has 2 aromatic carbocycles. The molecular formula is C14H12Cl2O4S. The van der Waals surface area contributed by atoms with Crippen molar-refractivity contribution in [3.8, 4) is 11.5 Å². The van der Waals surface area contributed by atoms with Crippen molar-refractivity contribution in [2.24, 2.45) is 0 Å². The van der Waals surface area contributed by atoms with Gasteiger partial charge >= 0.3 is 10.1 Å². The summed E-state index contributed by atoms with van der Waals surface area (Å²) in [5.41, 5.74) is 0.493. The number of benzene rings is 2. The Morgan fingerprint density at radius 3 is 2.38 bits per heavy atom. The second-order valence-corrected chi connectivity index (χ2v) is 6.60. The molecule has 2 rings (SSSR count). The quantitative estimate of drug-likeness (QED) is 0.770. The zero-order valence-electron chi connectivity index (χ0n) is 11.0. The third-order valence-corrected chi connectivity index (χ3v) is 4.46. The van der Waals surface area contributed by atoms with Crippen molar-refractivity contribution < 1.29 is 17.3 Å². The molecule has 7 heteroatoms. The van der Waals surface area contributed by atoms with Gasteiger partial charge in [-0.1, -0.05) is 35.3 Å². The number of ether oxygens (including phenoxy) is 1. The van der Waals surface area contributed by atoms with E-state index in [0.717, 1.165) is 0 Å². The van der Waals surface area contributed by atoms with E-state index in [1.165, 1.54) is 25.3 Å². The van der Waals surface area contributed by atoms with Crippen LogP contribution in [0, 0.1) is 0 Å². The van der Waals surface area contributed by atoms with Crippen LogP contribution in [0.3, 0.4) is 0 Å². The number of hydrogen-bond donors (Lipinski definition) is 0. The molecule has 0 radical (unpaired) electrons. The molecule has 112 valence electrons. The number of hydrogen-bond acceptors (Lipinski definition) is 4. The van der Waals surface area contributed by atoms with Crippen molar-refractivity contribution in [3.63, 3.8) is 0 Å². The van der Waals surface area contributed by atoms with Crippen LogP contribution in [0.4, 0.5) is 0 Å². The van der Waals surface area contributed by atoms with Crippen LogP contribution in [0.5, 0.6) is 11.5 Å². The smallest absolute Gasteiger partial charge is 0.313 e. The Bertz CT molecular complexity index is 744. The molecule has 0 saturated carbocycles. The van der Waals surface area contributed by atoms with Crippen LogP contribution < -0.4 is 8.92 Å². The van der Waals surface area contributed by atoms with Crippen molar-refractivity contribution in [3.05, 3.63) is 58.1 Å². The number of halogens is 2. The van der Waals surface area contributed by atoms with Gasteiger partial charge in [0.05, 0.1) is 17.2 Å². The fourth-order valence-electron chi connectivity index (χ4n) is 1.66. The van der Waals surface area contributed by atoms with Gasteiger partial charge < -0.3 is 8.92 Å². The van der Waals surface area contributed by atoms with Crippen LogP contribution in [0.15, 0.2) is 42.5 Å².